The van der Waals surface area contributed by atoms with Gasteiger partial charge in [-0.2, -0.15) is 26.3 Å². The monoisotopic (exact) mass is 1120 g/mol. The Labute approximate surface area is 455 Å². The third kappa shape index (κ3) is 12.9. The number of piperazine rings is 2. The number of amides is 2. The molecule has 4 fully saturated rings. The minimum Gasteiger partial charge on any atom is -0.368 e. The number of ketones is 1. The molecule has 2 aromatic heterocycles. The maximum Gasteiger partial charge on any atom is 0.416 e. The highest BCUT2D eigenvalue weighted by molar-refractivity contribution is 7.10. The Balaban J connectivity index is 0.781. The molecule has 0 radical (unpaired) electrons. The molecule has 4 saturated heterocycles. The third-order valence-corrected chi connectivity index (χ3v) is 17.7. The van der Waals surface area contributed by atoms with E-state index in [0.29, 0.717) is 140 Å². The van der Waals surface area contributed by atoms with Crippen LogP contribution in [0.1, 0.15) is 90.8 Å². The normalized spacial score (nSPS) is 18.6. The lowest BCUT2D eigenvalue weighted by molar-refractivity contribution is -0.138. The summed E-state index contributed by atoms with van der Waals surface area (Å²) in [5, 5.41) is 5.18. The van der Waals surface area contributed by atoms with Crippen molar-refractivity contribution < 1.29 is 49.5 Å². The van der Waals surface area contributed by atoms with Crippen molar-refractivity contribution in [3.63, 3.8) is 0 Å². The molecule has 2 amide bonds. The van der Waals surface area contributed by atoms with Gasteiger partial charge in [-0.3, -0.25) is 24.2 Å². The number of anilines is 2. The second-order valence-corrected chi connectivity index (χ2v) is 22.3. The van der Waals surface area contributed by atoms with Gasteiger partial charge in [-0.05, 0) is 136 Å². The molecule has 0 bridgehead atoms. The summed E-state index contributed by atoms with van der Waals surface area (Å²) in [6, 6.07) is 21.6. The van der Waals surface area contributed by atoms with Crippen molar-refractivity contribution in [2.24, 2.45) is 0 Å². The number of carbonyl (C=O) groups is 3. The quantitative estimate of drug-likeness (QED) is 0.0988. The predicted molar refractivity (Wildman–Crippen MR) is 283 cm³/mol. The van der Waals surface area contributed by atoms with Crippen molar-refractivity contribution in [1.29, 1.82) is 0 Å². The Hall–Kier alpha value is -6.29. The van der Waals surface area contributed by atoms with Crippen LogP contribution in [0.3, 0.4) is 0 Å². The Morgan fingerprint density at radius 3 is 1.21 bits per heavy atom. The van der Waals surface area contributed by atoms with Gasteiger partial charge in [0.15, 0.2) is 5.78 Å². The summed E-state index contributed by atoms with van der Waals surface area (Å²) in [4.78, 5) is 63.9. The first-order valence-corrected chi connectivity index (χ1v) is 28.0. The minimum absolute atomic E-state index is 0.00567. The van der Waals surface area contributed by atoms with Crippen LogP contribution in [0.5, 0.6) is 0 Å². The Bertz CT molecular complexity index is 2830. The van der Waals surface area contributed by atoms with Crippen molar-refractivity contribution in [2.45, 2.75) is 74.8 Å². The smallest absolute Gasteiger partial charge is 0.368 e. The molecule has 78 heavy (non-hydrogen) atoms. The number of Topliss-reactive ketones (excluding diaryl/α,β-unsaturated/α-hetero) is 1. The highest BCUT2D eigenvalue weighted by Crippen LogP contribution is 2.37. The third-order valence-electron chi connectivity index (χ3n) is 15.7. The molecule has 0 saturated carbocycles. The second-order valence-electron chi connectivity index (χ2n) is 20.5. The molecule has 0 aliphatic carbocycles. The van der Waals surface area contributed by atoms with E-state index in [1.165, 1.54) is 59.1 Å². The summed E-state index contributed by atoms with van der Waals surface area (Å²) in [6.07, 6.45) is -5.54. The number of nitrogens with zero attached hydrogens (tertiary/aromatic N) is 8. The van der Waals surface area contributed by atoms with E-state index in [2.05, 4.69) is 9.80 Å². The molecule has 6 heterocycles. The van der Waals surface area contributed by atoms with Crippen molar-refractivity contribution >= 4 is 51.6 Å². The maximum atomic E-state index is 15.4. The number of hydrogen-bond donors (Lipinski definition) is 0. The average Bonchev–Trinajstić information content (AvgIpc) is 4.22. The van der Waals surface area contributed by atoms with Crippen LogP contribution in [0.25, 0.3) is 0 Å². The molecular formula is C57H58F8N8O3S2. The van der Waals surface area contributed by atoms with E-state index in [1.807, 2.05) is 9.80 Å². The number of aromatic nitrogens is 2. The van der Waals surface area contributed by atoms with Crippen LogP contribution < -0.4 is 9.80 Å². The molecule has 11 nitrogen and oxygen atoms in total. The molecule has 0 N–H and O–H groups in total. The Morgan fingerprint density at radius 2 is 0.859 bits per heavy atom. The van der Waals surface area contributed by atoms with Crippen molar-refractivity contribution in [2.75, 3.05) is 88.3 Å². The van der Waals surface area contributed by atoms with Gasteiger partial charge in [0.1, 0.15) is 23.0 Å². The van der Waals surface area contributed by atoms with Crippen molar-refractivity contribution in [1.82, 2.24) is 29.6 Å². The summed E-state index contributed by atoms with van der Waals surface area (Å²) in [6.45, 7) is 5.09. The number of hydrogen-bond acceptors (Lipinski definition) is 11. The number of thiazole rings is 2. The number of carbonyl (C=O) groups excluding carboxylic acids is 3. The van der Waals surface area contributed by atoms with E-state index in [0.717, 1.165) is 45.4 Å². The zero-order valence-electron chi connectivity index (χ0n) is 42.6. The van der Waals surface area contributed by atoms with E-state index in [4.69, 9.17) is 9.97 Å². The van der Waals surface area contributed by atoms with Gasteiger partial charge >= 0.3 is 12.4 Å². The van der Waals surface area contributed by atoms with E-state index in [-0.39, 0.29) is 41.1 Å². The van der Waals surface area contributed by atoms with Gasteiger partial charge in [-0.1, -0.05) is 36.4 Å². The number of likely N-dealkylation sites (tertiary alicyclic amines) is 2. The molecule has 4 aliphatic rings. The first-order valence-electron chi connectivity index (χ1n) is 26.3. The van der Waals surface area contributed by atoms with Gasteiger partial charge in [-0.25, -0.2) is 18.7 Å². The van der Waals surface area contributed by atoms with Gasteiger partial charge in [0, 0.05) is 86.3 Å². The van der Waals surface area contributed by atoms with Gasteiger partial charge in [0.05, 0.1) is 33.2 Å². The lowest BCUT2D eigenvalue weighted by Gasteiger charge is -2.41. The number of piperidine rings is 2. The topological polar surface area (TPSA) is 96.4 Å². The molecule has 4 aliphatic heterocycles. The zero-order chi connectivity index (χ0) is 54.7. The molecule has 4 aromatic carbocycles. The Kier molecular flexibility index (Phi) is 16.6. The average molecular weight is 1120 g/mol. The predicted octanol–water partition coefficient (Wildman–Crippen LogP) is 10.7. The standard InChI is InChI=1S/C57H58F8N8O3S2/c58-43-11-7-37(8-12-43)31-49(70-19-15-39(16-20-70)52-66-47(35-77-52)54(75)72-27-23-68(24-28-72)45-5-1-3-41(33-45)56(60,61)62)51(74)50(32-38-9-13-44(59)14-10-38)71-21-17-40(18-22-71)53-67-48(36-78-53)55(76)73-29-25-69(26-30-73)46-6-2-4-42(34-46)57(63,64)65/h1-14,33-36,39-40,49-50H,15-32H2. The molecule has 10 rings (SSSR count). The SMILES string of the molecule is O=C(C(Cc1ccc(F)cc1)N1CCC(c2nc(C(=O)N3CCN(c4cccc(C(F)(F)F)c4)CC3)cs2)CC1)C(Cc1ccc(F)cc1)N1CCC(c2nc(C(=O)N3CCN(c4cccc(C(F)(F)F)c4)CC3)cs2)CC1. The fraction of sp³-hybridized carbons (Fsp3) is 0.421. The van der Waals surface area contributed by atoms with Crippen LogP contribution in [0.4, 0.5) is 46.5 Å². The van der Waals surface area contributed by atoms with Crippen LogP contribution >= 0.6 is 22.7 Å². The molecule has 2 unspecified atom stereocenters. The van der Waals surface area contributed by atoms with Crippen LogP contribution in [-0.4, -0.2) is 138 Å². The molecule has 6 aromatic rings. The van der Waals surface area contributed by atoms with Crippen LogP contribution in [0.2, 0.25) is 0 Å². The lowest BCUT2D eigenvalue weighted by atomic mass is 9.87. The summed E-state index contributed by atoms with van der Waals surface area (Å²) >= 11 is 2.85. The van der Waals surface area contributed by atoms with Crippen LogP contribution in [-0.2, 0) is 30.0 Å². The van der Waals surface area contributed by atoms with E-state index in [1.54, 1.807) is 57.0 Å². The fourth-order valence-electron chi connectivity index (χ4n) is 11.2. The van der Waals surface area contributed by atoms with Gasteiger partial charge < -0.3 is 19.6 Å². The number of alkyl halides is 6. The van der Waals surface area contributed by atoms with Gasteiger partial charge in [-0.15, -0.1) is 22.7 Å². The van der Waals surface area contributed by atoms with Crippen LogP contribution in [0, 0.1) is 11.6 Å². The lowest BCUT2D eigenvalue weighted by Crippen LogP contribution is -2.55. The molecule has 412 valence electrons. The molecular weight excluding hydrogens is 1060 g/mol. The molecule has 0 spiro atoms. The van der Waals surface area contributed by atoms with E-state index >= 15 is 4.79 Å². The number of halogens is 8. The first-order chi connectivity index (χ1) is 37.4. The molecule has 2 atom stereocenters. The summed E-state index contributed by atoms with van der Waals surface area (Å²) < 4.78 is 109. The highest BCUT2D eigenvalue weighted by Gasteiger charge is 2.40. The van der Waals surface area contributed by atoms with Gasteiger partial charge in [0.25, 0.3) is 11.8 Å². The van der Waals surface area contributed by atoms with Gasteiger partial charge in [0.2, 0.25) is 0 Å². The largest absolute Gasteiger partial charge is 0.416 e. The number of benzene rings is 4. The number of rotatable bonds is 14. The first kappa shape index (κ1) is 55.0. The van der Waals surface area contributed by atoms with E-state index in [9.17, 15) is 44.7 Å². The van der Waals surface area contributed by atoms with Crippen molar-refractivity contribution in [3.05, 3.63) is 163 Å². The highest BCUT2D eigenvalue weighted by atomic mass is 32.1. The Morgan fingerprint density at radius 1 is 0.500 bits per heavy atom. The summed E-state index contributed by atoms with van der Waals surface area (Å²) in [5.74, 6) is -1.15. The maximum absolute atomic E-state index is 15.4. The zero-order valence-corrected chi connectivity index (χ0v) is 44.2. The van der Waals surface area contributed by atoms with Crippen molar-refractivity contribution in [3.8, 4) is 0 Å². The summed E-state index contributed by atoms with van der Waals surface area (Å²) in [7, 11) is 0. The second kappa shape index (κ2) is 23.6. The minimum atomic E-state index is -4.45. The van der Waals surface area contributed by atoms with Crippen LogP contribution in [0.15, 0.2) is 108 Å². The fourth-order valence-corrected chi connectivity index (χ4v) is 13.1. The summed E-state index contributed by atoms with van der Waals surface area (Å²) in [5.41, 5.74) is 1.75. The van der Waals surface area contributed by atoms with E-state index < -0.39 is 35.6 Å². The molecule has 21 heteroatoms.